The lowest BCUT2D eigenvalue weighted by atomic mass is 10.0. The number of carbonyl (C=O) groups excluding carboxylic acids is 2. The Labute approximate surface area is 468 Å². The van der Waals surface area contributed by atoms with Crippen molar-refractivity contribution >= 4 is 11.9 Å². The first kappa shape index (κ1) is 73.1. The molecule has 6 nitrogen and oxygen atoms in total. The lowest BCUT2D eigenvalue weighted by Gasteiger charge is -2.20. The summed E-state index contributed by atoms with van der Waals surface area (Å²) >= 11 is 0. The fraction of sp³-hybridized carbons (Fsp3) is 0.884. The van der Waals surface area contributed by atoms with Gasteiger partial charge >= 0.3 is 5.97 Å². The molecule has 0 saturated heterocycles. The van der Waals surface area contributed by atoms with E-state index in [4.69, 9.17) is 4.74 Å². The summed E-state index contributed by atoms with van der Waals surface area (Å²) in [6, 6.07) is -0.637. The molecule has 0 aromatic carbocycles. The summed E-state index contributed by atoms with van der Waals surface area (Å²) in [5, 5.41) is 23.2. The maximum absolute atomic E-state index is 12.5. The fourth-order valence-corrected chi connectivity index (χ4v) is 10.5. The van der Waals surface area contributed by atoms with Gasteiger partial charge in [-0.25, -0.2) is 0 Å². The Morgan fingerprint density at radius 3 is 1.01 bits per heavy atom. The number of ether oxygens (including phenoxy) is 1. The van der Waals surface area contributed by atoms with Gasteiger partial charge in [-0.3, -0.25) is 9.59 Å². The van der Waals surface area contributed by atoms with E-state index in [1.807, 2.05) is 6.08 Å². The van der Waals surface area contributed by atoms with Gasteiger partial charge in [-0.05, 0) is 64.2 Å². The van der Waals surface area contributed by atoms with Crippen molar-refractivity contribution in [1.29, 1.82) is 0 Å². The van der Waals surface area contributed by atoms with Gasteiger partial charge in [0.25, 0.3) is 0 Å². The molecule has 0 rings (SSSR count). The van der Waals surface area contributed by atoms with Crippen LogP contribution in [0.2, 0.25) is 0 Å². The molecular weight excluding hydrogens is 923 g/mol. The fourth-order valence-electron chi connectivity index (χ4n) is 10.5. The molecule has 442 valence electrons. The van der Waals surface area contributed by atoms with Gasteiger partial charge in [-0.2, -0.15) is 0 Å². The predicted molar refractivity (Wildman–Crippen MR) is 329 cm³/mol. The molecule has 0 heterocycles. The van der Waals surface area contributed by atoms with Gasteiger partial charge in [0, 0.05) is 12.8 Å². The van der Waals surface area contributed by atoms with Gasteiger partial charge in [0.15, 0.2) is 0 Å². The topological polar surface area (TPSA) is 95.9 Å². The van der Waals surface area contributed by atoms with E-state index >= 15 is 0 Å². The lowest BCUT2D eigenvalue weighted by Crippen LogP contribution is -2.45. The van der Waals surface area contributed by atoms with Crippen LogP contribution in [0, 0.1) is 0 Å². The normalized spacial score (nSPS) is 12.7. The third-order valence-corrected chi connectivity index (χ3v) is 15.7. The average Bonchev–Trinajstić information content (AvgIpc) is 3.41. The van der Waals surface area contributed by atoms with E-state index in [0.717, 1.165) is 57.8 Å². The Morgan fingerprint density at radius 1 is 0.373 bits per heavy atom. The summed E-state index contributed by atoms with van der Waals surface area (Å²) in [6.07, 6.45) is 82.0. The van der Waals surface area contributed by atoms with Crippen LogP contribution in [0.1, 0.15) is 367 Å². The van der Waals surface area contributed by atoms with Crippen molar-refractivity contribution < 1.29 is 24.5 Å². The summed E-state index contributed by atoms with van der Waals surface area (Å²) in [4.78, 5) is 24.6. The zero-order valence-corrected chi connectivity index (χ0v) is 50.5. The summed E-state index contributed by atoms with van der Waals surface area (Å²) < 4.78 is 5.49. The Kier molecular flexibility index (Phi) is 63.0. The van der Waals surface area contributed by atoms with Crippen LogP contribution >= 0.6 is 0 Å². The lowest BCUT2D eigenvalue weighted by molar-refractivity contribution is -0.143. The Morgan fingerprint density at radius 2 is 0.667 bits per heavy atom. The van der Waals surface area contributed by atoms with Crippen LogP contribution in [0.5, 0.6) is 0 Å². The molecule has 0 aliphatic rings. The highest BCUT2D eigenvalue weighted by Gasteiger charge is 2.18. The molecule has 75 heavy (non-hydrogen) atoms. The Balaban J connectivity index is 3.47. The van der Waals surface area contributed by atoms with E-state index < -0.39 is 12.1 Å². The minimum absolute atomic E-state index is 0.00980. The van der Waals surface area contributed by atoms with E-state index in [1.54, 1.807) is 6.08 Å². The minimum atomic E-state index is -0.852. The second kappa shape index (κ2) is 64.6. The first-order valence-electron chi connectivity index (χ1n) is 33.8. The number of unbranched alkanes of at least 4 members (excludes halogenated alkanes) is 48. The van der Waals surface area contributed by atoms with Crippen molar-refractivity contribution in [3.05, 3.63) is 36.5 Å². The van der Waals surface area contributed by atoms with Crippen molar-refractivity contribution in [2.75, 3.05) is 13.2 Å². The Hall–Kier alpha value is -1.92. The molecule has 0 bridgehead atoms. The average molecular weight is 1050 g/mol. The molecule has 0 fully saturated rings. The number of allylic oxidation sites excluding steroid dienone is 5. The van der Waals surface area contributed by atoms with Crippen LogP contribution in [-0.2, 0) is 14.3 Å². The van der Waals surface area contributed by atoms with E-state index in [1.165, 1.54) is 283 Å². The first-order valence-corrected chi connectivity index (χ1v) is 33.8. The minimum Gasteiger partial charge on any atom is -0.466 e. The van der Waals surface area contributed by atoms with E-state index in [2.05, 4.69) is 43.5 Å². The number of amides is 1. The summed E-state index contributed by atoms with van der Waals surface area (Å²) in [5.74, 6) is -0.0657. The molecule has 0 radical (unpaired) electrons. The molecule has 0 aromatic heterocycles. The number of nitrogens with one attached hydrogen (secondary N) is 1. The summed E-state index contributed by atoms with van der Waals surface area (Å²) in [7, 11) is 0. The number of esters is 1. The van der Waals surface area contributed by atoms with Gasteiger partial charge in [0.2, 0.25) is 5.91 Å². The highest BCUT2D eigenvalue weighted by atomic mass is 16.5. The molecule has 0 spiro atoms. The largest absolute Gasteiger partial charge is 0.466 e. The van der Waals surface area contributed by atoms with Gasteiger partial charge in [0.1, 0.15) is 0 Å². The van der Waals surface area contributed by atoms with Crippen molar-refractivity contribution in [3.8, 4) is 0 Å². The van der Waals surface area contributed by atoms with Crippen molar-refractivity contribution in [3.63, 3.8) is 0 Å². The molecule has 0 saturated carbocycles. The highest BCUT2D eigenvalue weighted by molar-refractivity contribution is 5.76. The maximum atomic E-state index is 12.5. The molecule has 0 aromatic rings. The zero-order chi connectivity index (χ0) is 54.3. The smallest absolute Gasteiger partial charge is 0.305 e. The Bertz CT molecular complexity index is 1210. The summed E-state index contributed by atoms with van der Waals surface area (Å²) in [5.41, 5.74) is 0. The zero-order valence-electron chi connectivity index (χ0n) is 50.5. The quantitative estimate of drug-likeness (QED) is 0.0320. The number of carbonyl (C=O) groups is 2. The predicted octanol–water partition coefficient (Wildman–Crippen LogP) is 21.5. The van der Waals surface area contributed by atoms with Crippen LogP contribution in [0.15, 0.2) is 36.5 Å². The monoisotopic (exact) mass is 1050 g/mol. The molecule has 0 aliphatic carbocycles. The SMILES string of the molecule is CCCCCCCCCCCCCCCCCCCC/C=C/C(O)C(CO)NC(=O)CCCCCCCCC/C=C\C/C=C\CCCCCCCCCCCOC(=O)CCCCCCCCCCCCCCCCC. The molecule has 2 unspecified atom stereocenters. The molecule has 2 atom stereocenters. The third kappa shape index (κ3) is 61.2. The van der Waals surface area contributed by atoms with E-state index in [0.29, 0.717) is 19.4 Å². The van der Waals surface area contributed by atoms with Gasteiger partial charge in [-0.15, -0.1) is 0 Å². The van der Waals surface area contributed by atoms with Crippen molar-refractivity contribution in [2.24, 2.45) is 0 Å². The van der Waals surface area contributed by atoms with Crippen LogP contribution in [-0.4, -0.2) is 47.4 Å². The van der Waals surface area contributed by atoms with Crippen molar-refractivity contribution in [1.82, 2.24) is 5.32 Å². The van der Waals surface area contributed by atoms with Crippen LogP contribution in [0.4, 0.5) is 0 Å². The molecular formula is C69H131NO5. The second-order valence-electron chi connectivity index (χ2n) is 23.2. The molecule has 0 aliphatic heterocycles. The van der Waals surface area contributed by atoms with Gasteiger partial charge < -0.3 is 20.3 Å². The van der Waals surface area contributed by atoms with Gasteiger partial charge in [0.05, 0.1) is 25.4 Å². The molecule has 6 heteroatoms. The number of aliphatic hydroxyl groups is 2. The third-order valence-electron chi connectivity index (χ3n) is 15.7. The first-order chi connectivity index (χ1) is 37.0. The summed E-state index contributed by atoms with van der Waals surface area (Å²) in [6.45, 7) is 4.93. The number of hydrogen-bond acceptors (Lipinski definition) is 5. The molecule has 1 amide bonds. The number of aliphatic hydroxyl groups excluding tert-OH is 2. The second-order valence-corrected chi connectivity index (χ2v) is 23.2. The van der Waals surface area contributed by atoms with Crippen molar-refractivity contribution in [2.45, 2.75) is 379 Å². The van der Waals surface area contributed by atoms with Crippen LogP contribution in [0.25, 0.3) is 0 Å². The van der Waals surface area contributed by atoms with Gasteiger partial charge in [-0.1, -0.05) is 326 Å². The molecule has 3 N–H and O–H groups in total. The standard InChI is InChI=1S/C69H131NO5/c1-3-5-7-9-11-13-15-17-19-20-21-27-30-34-37-41-45-49-53-57-61-67(72)66(65-71)70-68(73)62-58-54-50-46-42-38-35-31-28-25-23-22-24-26-29-32-36-40-44-48-52-56-60-64-75-69(74)63-59-55-51-47-43-39-33-18-16-14-12-10-8-6-4-2/h22,24-25,28,57,61,66-67,71-72H,3-21,23,26-27,29-56,58-60,62-65H2,1-2H3,(H,70,73)/b24-22-,28-25-,61-57+. The van der Waals surface area contributed by atoms with Crippen LogP contribution in [0.3, 0.4) is 0 Å². The number of rotatable bonds is 63. The maximum Gasteiger partial charge on any atom is 0.305 e. The number of hydrogen-bond donors (Lipinski definition) is 3. The highest BCUT2D eigenvalue weighted by Crippen LogP contribution is 2.18. The van der Waals surface area contributed by atoms with E-state index in [9.17, 15) is 19.8 Å². The van der Waals surface area contributed by atoms with E-state index in [-0.39, 0.29) is 18.5 Å². The van der Waals surface area contributed by atoms with Crippen LogP contribution < -0.4 is 5.32 Å².